The van der Waals surface area contributed by atoms with Crippen LogP contribution in [0.15, 0.2) is 176 Å². The fraction of sp³-hybridized carbons (Fsp3) is 0.231. The van der Waals surface area contributed by atoms with Crippen molar-refractivity contribution in [3.63, 3.8) is 0 Å². The van der Waals surface area contributed by atoms with Crippen molar-refractivity contribution in [3.05, 3.63) is 212 Å². The van der Waals surface area contributed by atoms with Gasteiger partial charge in [-0.05, 0) is 5.92 Å². The third kappa shape index (κ3) is 17.9. The van der Waals surface area contributed by atoms with Gasteiger partial charge in [0.25, 0.3) is 0 Å². The van der Waals surface area contributed by atoms with Gasteiger partial charge in [-0.2, -0.15) is 31.9 Å². The van der Waals surface area contributed by atoms with Crippen LogP contribution in [-0.4, -0.2) is 3.21 Å². The van der Waals surface area contributed by atoms with E-state index in [2.05, 4.69) is 170 Å². The molecule has 0 aromatic heterocycles. The van der Waals surface area contributed by atoms with Crippen molar-refractivity contribution in [2.24, 2.45) is 23.7 Å². The van der Waals surface area contributed by atoms with Crippen LogP contribution in [0.5, 0.6) is 0 Å². The summed E-state index contributed by atoms with van der Waals surface area (Å²) in [5, 5.41) is 5.39. The summed E-state index contributed by atoms with van der Waals surface area (Å²) in [5.74, 6) is 3.56. The van der Waals surface area contributed by atoms with Gasteiger partial charge in [0, 0.05) is 0 Å². The monoisotopic (exact) mass is 997 g/mol. The molecular formula is C52H53Cl4Zr2-3. The van der Waals surface area contributed by atoms with Gasteiger partial charge in [-0.3, -0.25) is 12.2 Å². The predicted molar refractivity (Wildman–Crippen MR) is 227 cm³/mol. The Hall–Kier alpha value is -2.01. The molecule has 6 heteroatoms. The maximum atomic E-state index is 2.99. The summed E-state index contributed by atoms with van der Waals surface area (Å²) in [5.41, 5.74) is 2.66. The molecule has 5 aromatic rings. The summed E-state index contributed by atoms with van der Waals surface area (Å²) in [7, 11) is 0. The summed E-state index contributed by atoms with van der Waals surface area (Å²) in [6.07, 6.45) is 39.8. The molecule has 0 aliphatic heterocycles. The summed E-state index contributed by atoms with van der Waals surface area (Å²) in [4.78, 5) is 0. The Balaban J connectivity index is 0.000000703. The average molecular weight is 1000 g/mol. The average Bonchev–Trinajstić information content (AvgIpc) is 4.08. The Morgan fingerprint density at radius 2 is 1.05 bits per heavy atom. The van der Waals surface area contributed by atoms with E-state index in [1.807, 2.05) is 44.6 Å². The largest absolute Gasteiger partial charge is 4.00 e. The minimum absolute atomic E-state index is 0. The first kappa shape index (κ1) is 56.0. The molecule has 0 spiro atoms. The third-order valence-electron chi connectivity index (χ3n) is 9.88. The number of hydrogen-bond acceptors (Lipinski definition) is 0. The molecule has 0 saturated heterocycles. The van der Waals surface area contributed by atoms with Gasteiger partial charge in [0.15, 0.2) is 0 Å². The molecule has 5 aliphatic rings. The molecule has 5 aromatic carbocycles. The number of rotatable bonds is 2. The maximum Gasteiger partial charge on any atom is 4.00 e. The number of halogens is 4. The van der Waals surface area contributed by atoms with E-state index in [1.54, 1.807) is 0 Å². The van der Waals surface area contributed by atoms with Crippen molar-refractivity contribution in [2.45, 2.75) is 52.4 Å². The van der Waals surface area contributed by atoms with Crippen molar-refractivity contribution in [1.82, 2.24) is 0 Å². The number of hydrogen-bond donors (Lipinski definition) is 0. The first-order valence-electron chi connectivity index (χ1n) is 19.3. The molecule has 10 rings (SSSR count). The normalized spacial score (nSPS) is 18.8. The zero-order chi connectivity index (χ0) is 36.9. The molecule has 0 radical (unpaired) electrons. The Bertz CT molecular complexity index is 1870. The van der Waals surface area contributed by atoms with E-state index >= 15 is 0 Å². The van der Waals surface area contributed by atoms with Crippen molar-refractivity contribution < 1.29 is 100 Å². The van der Waals surface area contributed by atoms with E-state index in [4.69, 9.17) is 0 Å². The second kappa shape index (κ2) is 32.7. The second-order valence-electron chi connectivity index (χ2n) is 13.7. The molecule has 2 saturated carbocycles. The van der Waals surface area contributed by atoms with E-state index in [1.165, 1.54) is 85.8 Å². The summed E-state index contributed by atoms with van der Waals surface area (Å²) >= 11 is 1.46. The maximum absolute atomic E-state index is 2.99. The second-order valence-corrected chi connectivity index (χ2v) is 15.0. The van der Waals surface area contributed by atoms with Crippen molar-refractivity contribution in [3.8, 4) is 0 Å². The zero-order valence-electron chi connectivity index (χ0n) is 33.5. The molecule has 0 heterocycles. The predicted octanol–water partition coefficient (Wildman–Crippen LogP) is 1.74. The summed E-state index contributed by atoms with van der Waals surface area (Å²) in [6.45, 7) is 4.00. The molecule has 0 bridgehead atoms. The Morgan fingerprint density at radius 3 is 1.50 bits per heavy atom. The van der Waals surface area contributed by atoms with Gasteiger partial charge < -0.3 is 62.5 Å². The zero-order valence-corrected chi connectivity index (χ0v) is 41.4. The molecule has 4 atom stereocenters. The topological polar surface area (TPSA) is 0 Å². The molecule has 300 valence electrons. The minimum Gasteiger partial charge on any atom is -0.126 e. The van der Waals surface area contributed by atoms with Crippen LogP contribution in [0.25, 0.3) is 21.5 Å². The fourth-order valence-corrected chi connectivity index (χ4v) is 8.23. The van der Waals surface area contributed by atoms with Gasteiger partial charge in [0.05, 0.1) is 0 Å². The van der Waals surface area contributed by atoms with Crippen LogP contribution in [0.1, 0.15) is 63.5 Å². The van der Waals surface area contributed by atoms with E-state index in [9.17, 15) is 0 Å². The molecule has 0 nitrogen and oxygen atoms in total. The van der Waals surface area contributed by atoms with Crippen LogP contribution < -0.4 is 49.6 Å². The van der Waals surface area contributed by atoms with E-state index in [0.29, 0.717) is 0 Å². The number of fused-ring (bicyclic) bond motifs is 6. The van der Waals surface area contributed by atoms with Crippen LogP contribution in [0, 0.1) is 48.7 Å². The third-order valence-corrected chi connectivity index (χ3v) is 11.3. The van der Waals surface area contributed by atoms with Gasteiger partial charge >= 0.3 is 125 Å². The minimum atomic E-state index is 0. The van der Waals surface area contributed by atoms with E-state index in [0.717, 1.165) is 36.5 Å². The van der Waals surface area contributed by atoms with Crippen molar-refractivity contribution in [1.29, 1.82) is 0 Å². The first-order chi connectivity index (χ1) is 26.2. The molecule has 2 fully saturated rings. The van der Waals surface area contributed by atoms with Gasteiger partial charge in [0.1, 0.15) is 0 Å². The summed E-state index contributed by atoms with van der Waals surface area (Å²) < 4.78 is 1.42. The van der Waals surface area contributed by atoms with Crippen LogP contribution in [0.3, 0.4) is 0 Å². The van der Waals surface area contributed by atoms with Gasteiger partial charge in [-0.15, -0.1) is 64.6 Å². The molecule has 0 amide bonds. The van der Waals surface area contributed by atoms with Crippen molar-refractivity contribution >= 4 is 24.8 Å². The van der Waals surface area contributed by atoms with Gasteiger partial charge in [-0.1, -0.05) is 86.2 Å². The van der Waals surface area contributed by atoms with Crippen LogP contribution in [-0.2, 0) is 50.4 Å². The van der Waals surface area contributed by atoms with Crippen LogP contribution >= 0.6 is 0 Å². The van der Waals surface area contributed by atoms with Crippen LogP contribution in [0.2, 0.25) is 0 Å². The van der Waals surface area contributed by atoms with Crippen LogP contribution in [0.4, 0.5) is 0 Å². The quantitative estimate of drug-likeness (QED) is 0.237. The fourth-order valence-electron chi connectivity index (χ4n) is 7.41. The van der Waals surface area contributed by atoms with E-state index in [-0.39, 0.29) is 75.8 Å². The smallest absolute Gasteiger partial charge is 0.126 e. The molecule has 5 aliphatic carbocycles. The SMILES string of the molecule is C1=CC2[CH-]C3CCCCC3C2C=C1.C[CH-]C.[C-]1=CC=CC1.[C-]1=CC=CC1.[Cl-].[Cl-].[Cl-].[Cl-].[Zr+2]=[C](c1ccccc1)c1ccccc1.[Zr+4].c1ccc2c(c1)[cH-]c1ccccc12. The molecule has 4 unspecified atom stereocenters. The molecular weight excluding hydrogens is 949 g/mol. The molecule has 0 N–H and O–H groups in total. The Morgan fingerprint density at radius 1 is 0.603 bits per heavy atom. The Labute approximate surface area is 409 Å². The first-order valence-corrected chi connectivity index (χ1v) is 20.5. The van der Waals surface area contributed by atoms with E-state index < -0.39 is 0 Å². The Kier molecular flexibility index (Phi) is 31.6. The number of benzene rings is 4. The number of allylic oxidation sites excluding steroid dienone is 12. The van der Waals surface area contributed by atoms with Gasteiger partial charge in [-0.25, -0.2) is 24.3 Å². The van der Waals surface area contributed by atoms with Gasteiger partial charge in [0.2, 0.25) is 0 Å². The molecule has 58 heavy (non-hydrogen) atoms. The standard InChI is InChI=1S/C13H17.C13H9.C13H10.2C5H5.C3H7.4ClH.2Zr/c2*1-3-7-12-10(5-1)9-11-6-2-4-8-13(11)12;1-3-7-12(8-4-1)11-13-9-5-2-6-10-13;2*1-2-4-5-3-1;1-3-2;;;;;;/h1,3,5,7,9-13H,2,4,6,8H2;1-9H;1-10H;2*1-3H,4H2;3H,1-2H3;4*1H;;/q2*-1;;3*-1;;;;;+2;+4/p-4. The van der Waals surface area contributed by atoms with Crippen molar-refractivity contribution in [2.75, 3.05) is 0 Å². The summed E-state index contributed by atoms with van der Waals surface area (Å²) in [6, 6.07) is 40.4.